The van der Waals surface area contributed by atoms with Crippen molar-refractivity contribution in [2.45, 2.75) is 26.9 Å². The Bertz CT molecular complexity index is 1320. The number of hydrogen-bond donors (Lipinski definition) is 2. The van der Waals surface area contributed by atoms with Crippen molar-refractivity contribution >= 4 is 33.9 Å². The lowest BCUT2D eigenvalue weighted by molar-refractivity contribution is 0.411. The summed E-state index contributed by atoms with van der Waals surface area (Å²) in [5.74, 6) is -0.309. The summed E-state index contributed by atoms with van der Waals surface area (Å²) in [6.45, 7) is 4.95. The highest BCUT2D eigenvalue weighted by atomic mass is 32.1. The number of aromatic amines is 1. The molecule has 4 aromatic rings. The van der Waals surface area contributed by atoms with Gasteiger partial charge in [0.1, 0.15) is 5.82 Å². The van der Waals surface area contributed by atoms with Gasteiger partial charge in [0.2, 0.25) is 0 Å². The van der Waals surface area contributed by atoms with Gasteiger partial charge in [-0.2, -0.15) is 0 Å². The molecule has 2 N–H and O–H groups in total. The number of nitrogens with zero attached hydrogens (tertiary/aromatic N) is 1. The fourth-order valence-corrected chi connectivity index (χ4v) is 3.83. The number of anilines is 1. The predicted octanol–water partition coefficient (Wildman–Crippen LogP) is 5.68. The first kappa shape index (κ1) is 21.7. The van der Waals surface area contributed by atoms with Crippen molar-refractivity contribution in [2.24, 2.45) is 0 Å². The normalized spacial score (nSPS) is 10.8. The standard InChI is InChI=1S/C26H24FN3OS/c1-17-12-20-14-21(25(31)29-24(20)13-18(17)2)16-30(15-19-6-4-3-5-7-19)26(32)28-23-10-8-22(27)9-11-23/h3-14H,15-16H2,1-2H3,(H,28,32)(H,29,31). The Labute approximate surface area is 191 Å². The van der Waals surface area contributed by atoms with Crippen LogP contribution in [0, 0.1) is 19.7 Å². The Hall–Kier alpha value is -3.51. The average Bonchev–Trinajstić information content (AvgIpc) is 2.77. The predicted molar refractivity (Wildman–Crippen MR) is 132 cm³/mol. The Morgan fingerprint density at radius 1 is 0.969 bits per heavy atom. The van der Waals surface area contributed by atoms with Gasteiger partial charge in [-0.1, -0.05) is 30.3 Å². The molecule has 0 fully saturated rings. The summed E-state index contributed by atoms with van der Waals surface area (Å²) in [6, 6.07) is 22.0. The Kier molecular flexibility index (Phi) is 6.32. The molecule has 0 bridgehead atoms. The molecule has 32 heavy (non-hydrogen) atoms. The number of fused-ring (bicyclic) bond motifs is 1. The number of aromatic nitrogens is 1. The second-order valence-electron chi connectivity index (χ2n) is 7.93. The highest BCUT2D eigenvalue weighted by Gasteiger charge is 2.15. The van der Waals surface area contributed by atoms with E-state index in [2.05, 4.69) is 23.3 Å². The smallest absolute Gasteiger partial charge is 0.253 e. The maximum Gasteiger partial charge on any atom is 0.253 e. The van der Waals surface area contributed by atoms with Gasteiger partial charge in [0, 0.05) is 23.3 Å². The molecule has 1 aromatic heterocycles. The maximum absolute atomic E-state index is 13.3. The summed E-state index contributed by atoms with van der Waals surface area (Å²) in [5, 5.41) is 4.61. The zero-order valence-corrected chi connectivity index (χ0v) is 18.8. The fraction of sp³-hybridized carbons (Fsp3) is 0.154. The third-order valence-electron chi connectivity index (χ3n) is 5.50. The van der Waals surface area contributed by atoms with Crippen molar-refractivity contribution in [3.05, 3.63) is 111 Å². The zero-order chi connectivity index (χ0) is 22.7. The summed E-state index contributed by atoms with van der Waals surface area (Å²) < 4.78 is 13.3. The summed E-state index contributed by atoms with van der Waals surface area (Å²) in [6.07, 6.45) is 0. The number of nitrogens with one attached hydrogen (secondary N) is 2. The minimum atomic E-state index is -0.309. The van der Waals surface area contributed by atoms with Crippen LogP contribution in [0.25, 0.3) is 10.9 Å². The molecule has 4 rings (SSSR count). The molecule has 4 nitrogen and oxygen atoms in total. The molecule has 0 amide bonds. The van der Waals surface area contributed by atoms with Crippen LogP contribution >= 0.6 is 12.2 Å². The Balaban J connectivity index is 1.65. The minimum Gasteiger partial charge on any atom is -0.340 e. The lowest BCUT2D eigenvalue weighted by Crippen LogP contribution is -2.35. The second kappa shape index (κ2) is 9.32. The van der Waals surface area contributed by atoms with Crippen molar-refractivity contribution in [1.29, 1.82) is 0 Å². The van der Waals surface area contributed by atoms with E-state index < -0.39 is 0 Å². The summed E-state index contributed by atoms with van der Waals surface area (Å²) in [5.41, 5.74) is 5.38. The molecule has 3 aromatic carbocycles. The molecule has 0 spiro atoms. The average molecular weight is 446 g/mol. The molecule has 0 radical (unpaired) electrons. The van der Waals surface area contributed by atoms with Gasteiger partial charge < -0.3 is 15.2 Å². The van der Waals surface area contributed by atoms with E-state index >= 15 is 0 Å². The molecule has 0 unspecified atom stereocenters. The molecule has 162 valence electrons. The van der Waals surface area contributed by atoms with Crippen molar-refractivity contribution in [3.8, 4) is 0 Å². The van der Waals surface area contributed by atoms with E-state index in [0.717, 1.165) is 22.0 Å². The van der Waals surface area contributed by atoms with Gasteiger partial charge in [-0.25, -0.2) is 4.39 Å². The van der Waals surface area contributed by atoms with E-state index in [9.17, 15) is 9.18 Å². The van der Waals surface area contributed by atoms with Gasteiger partial charge in [0.15, 0.2) is 5.11 Å². The number of hydrogen-bond acceptors (Lipinski definition) is 2. The second-order valence-corrected chi connectivity index (χ2v) is 8.31. The van der Waals surface area contributed by atoms with Crippen LogP contribution < -0.4 is 10.9 Å². The first-order valence-electron chi connectivity index (χ1n) is 10.4. The highest BCUT2D eigenvalue weighted by Crippen LogP contribution is 2.19. The van der Waals surface area contributed by atoms with Crippen LogP contribution in [0.5, 0.6) is 0 Å². The van der Waals surface area contributed by atoms with Crippen molar-refractivity contribution in [3.63, 3.8) is 0 Å². The van der Waals surface area contributed by atoms with E-state index in [-0.39, 0.29) is 11.4 Å². The molecule has 6 heteroatoms. The van der Waals surface area contributed by atoms with E-state index in [4.69, 9.17) is 12.2 Å². The van der Waals surface area contributed by atoms with Gasteiger partial charge in [-0.05, 0) is 90.6 Å². The van der Waals surface area contributed by atoms with Crippen molar-refractivity contribution < 1.29 is 4.39 Å². The first-order valence-corrected chi connectivity index (χ1v) is 10.8. The number of aryl methyl sites for hydroxylation is 2. The largest absolute Gasteiger partial charge is 0.340 e. The number of rotatable bonds is 5. The summed E-state index contributed by atoms with van der Waals surface area (Å²) >= 11 is 5.67. The summed E-state index contributed by atoms with van der Waals surface area (Å²) in [7, 11) is 0. The number of halogens is 1. The maximum atomic E-state index is 13.3. The van der Waals surface area contributed by atoms with E-state index in [1.165, 1.54) is 17.7 Å². The molecule has 0 atom stereocenters. The van der Waals surface area contributed by atoms with E-state index in [0.29, 0.717) is 29.5 Å². The molecule has 0 saturated heterocycles. The van der Waals surface area contributed by atoms with Gasteiger partial charge >= 0.3 is 0 Å². The lowest BCUT2D eigenvalue weighted by atomic mass is 10.0. The lowest BCUT2D eigenvalue weighted by Gasteiger charge is -2.26. The molecule has 0 aliphatic carbocycles. The fourth-order valence-electron chi connectivity index (χ4n) is 3.58. The van der Waals surface area contributed by atoms with Gasteiger partial charge in [-0.15, -0.1) is 0 Å². The van der Waals surface area contributed by atoms with Crippen molar-refractivity contribution in [1.82, 2.24) is 9.88 Å². The molecular formula is C26H24FN3OS. The van der Waals surface area contributed by atoms with Gasteiger partial charge in [0.25, 0.3) is 5.56 Å². The number of pyridine rings is 1. The van der Waals surface area contributed by atoms with Crippen LogP contribution in [0.15, 0.2) is 77.6 Å². The monoisotopic (exact) mass is 445 g/mol. The van der Waals surface area contributed by atoms with Gasteiger partial charge in [-0.3, -0.25) is 4.79 Å². The molecule has 0 aliphatic rings. The van der Waals surface area contributed by atoms with Crippen LogP contribution in [-0.4, -0.2) is 15.0 Å². The molecule has 0 saturated carbocycles. The van der Waals surface area contributed by atoms with Crippen LogP contribution in [0.3, 0.4) is 0 Å². The number of H-pyrrole nitrogens is 1. The third kappa shape index (κ3) is 5.03. The van der Waals surface area contributed by atoms with Crippen LogP contribution in [0.1, 0.15) is 22.3 Å². The van der Waals surface area contributed by atoms with E-state index in [1.54, 1.807) is 12.1 Å². The Morgan fingerprint density at radius 2 is 1.66 bits per heavy atom. The number of thiocarbonyl (C=S) groups is 1. The van der Waals surface area contributed by atoms with Crippen LogP contribution in [-0.2, 0) is 13.1 Å². The highest BCUT2D eigenvalue weighted by molar-refractivity contribution is 7.80. The number of benzene rings is 3. The van der Waals surface area contributed by atoms with E-state index in [1.807, 2.05) is 54.3 Å². The van der Waals surface area contributed by atoms with Crippen molar-refractivity contribution in [2.75, 3.05) is 5.32 Å². The van der Waals surface area contributed by atoms with Crippen LogP contribution in [0.4, 0.5) is 10.1 Å². The zero-order valence-electron chi connectivity index (χ0n) is 18.0. The SMILES string of the molecule is Cc1cc2cc(CN(Cc3ccccc3)C(=S)Nc3ccc(F)cc3)c(=O)[nH]c2cc1C. The van der Waals surface area contributed by atoms with Gasteiger partial charge in [0.05, 0.1) is 6.54 Å². The topological polar surface area (TPSA) is 48.1 Å². The van der Waals surface area contributed by atoms with Crippen LogP contribution in [0.2, 0.25) is 0 Å². The molecule has 0 aliphatic heterocycles. The molecular weight excluding hydrogens is 421 g/mol. The third-order valence-corrected chi connectivity index (χ3v) is 5.86. The first-order chi connectivity index (χ1) is 15.4. The molecule has 1 heterocycles. The summed E-state index contributed by atoms with van der Waals surface area (Å²) in [4.78, 5) is 17.8. The Morgan fingerprint density at radius 3 is 2.38 bits per heavy atom. The minimum absolute atomic E-state index is 0.136. The quantitative estimate of drug-likeness (QED) is 0.388.